The molecule has 4 heterocycles. The van der Waals surface area contributed by atoms with Crippen molar-refractivity contribution in [3.05, 3.63) is 218 Å². The minimum absolute atomic E-state index is 0.799. The van der Waals surface area contributed by atoms with Gasteiger partial charge in [0.2, 0.25) is 0 Å². The smallest absolute Gasteiger partial charge is 0.144 e. The first-order valence-corrected chi connectivity index (χ1v) is 22.8. The largest absolute Gasteiger partial charge is 0.455 e. The van der Waals surface area contributed by atoms with Gasteiger partial charge in [0.25, 0.3) is 0 Å². The third-order valence-electron chi connectivity index (χ3n) is 14.0. The Morgan fingerprint density at radius 1 is 0.328 bits per heavy atom. The van der Waals surface area contributed by atoms with Gasteiger partial charge in [0.1, 0.15) is 16.9 Å². The maximum atomic E-state index is 6.53. The van der Waals surface area contributed by atoms with Crippen molar-refractivity contribution in [3.63, 3.8) is 0 Å². The van der Waals surface area contributed by atoms with Crippen LogP contribution in [-0.2, 0) is 0 Å². The van der Waals surface area contributed by atoms with E-state index in [1.165, 1.54) is 65.2 Å². The van der Waals surface area contributed by atoms with Gasteiger partial charge in [0.05, 0.1) is 38.8 Å². The van der Waals surface area contributed by atoms with Gasteiger partial charge >= 0.3 is 0 Å². The van der Waals surface area contributed by atoms with E-state index in [1.54, 1.807) is 0 Å². The molecule has 0 N–H and O–H groups in total. The lowest BCUT2D eigenvalue weighted by atomic mass is 9.99. The molecule has 5 heteroatoms. The van der Waals surface area contributed by atoms with E-state index in [0.717, 1.165) is 77.6 Å². The lowest BCUT2D eigenvalue weighted by Crippen LogP contribution is -1.96. The summed E-state index contributed by atoms with van der Waals surface area (Å²) < 4.78 is 11.4. The second kappa shape index (κ2) is 13.7. The molecule has 15 aromatic rings. The Hall–Kier alpha value is -9.06. The number of para-hydroxylation sites is 6. The van der Waals surface area contributed by atoms with Crippen LogP contribution in [-0.4, -0.2) is 19.1 Å². The maximum Gasteiger partial charge on any atom is 0.144 e. The molecule has 0 aliphatic rings. The van der Waals surface area contributed by atoms with E-state index in [1.807, 2.05) is 36.4 Å². The summed E-state index contributed by atoms with van der Waals surface area (Å²) in [6.07, 6.45) is 0. The monoisotopic (exact) mass is 852 g/mol. The van der Waals surface area contributed by atoms with Gasteiger partial charge in [0.15, 0.2) is 0 Å². The molecule has 11 aromatic carbocycles. The lowest BCUT2D eigenvalue weighted by molar-refractivity contribution is 0.670. The molecule has 0 saturated carbocycles. The van der Waals surface area contributed by atoms with Gasteiger partial charge in [-0.3, -0.25) is 0 Å². The van der Waals surface area contributed by atoms with Crippen LogP contribution in [0.3, 0.4) is 0 Å². The highest BCUT2D eigenvalue weighted by Gasteiger charge is 2.21. The molecule has 0 amide bonds. The molecule has 0 saturated heterocycles. The molecule has 4 aromatic heterocycles. The van der Waals surface area contributed by atoms with Gasteiger partial charge in [-0.15, -0.1) is 0 Å². The summed E-state index contributed by atoms with van der Waals surface area (Å²) in [5.74, 6) is 0. The van der Waals surface area contributed by atoms with Gasteiger partial charge in [-0.25, -0.2) is 9.97 Å². The summed E-state index contributed by atoms with van der Waals surface area (Å²) in [4.78, 5) is 10.6. The van der Waals surface area contributed by atoms with Crippen molar-refractivity contribution in [2.24, 2.45) is 0 Å². The molecular formula is C62H36N4O. The van der Waals surface area contributed by atoms with Crippen LogP contribution in [0.1, 0.15) is 0 Å². The molecule has 0 aliphatic heterocycles. The quantitative estimate of drug-likeness (QED) is 0.177. The predicted octanol–water partition coefficient (Wildman–Crippen LogP) is 16.5. The molecule has 0 unspecified atom stereocenters. The number of nitrogens with zero attached hydrogens (tertiary/aromatic N) is 4. The summed E-state index contributed by atoms with van der Waals surface area (Å²) in [6.45, 7) is 0. The number of aromatic nitrogens is 4. The fourth-order valence-electron chi connectivity index (χ4n) is 11.0. The van der Waals surface area contributed by atoms with Crippen LogP contribution in [0.4, 0.5) is 0 Å². The van der Waals surface area contributed by atoms with E-state index in [4.69, 9.17) is 14.4 Å². The zero-order valence-electron chi connectivity index (χ0n) is 36.0. The van der Waals surface area contributed by atoms with Crippen molar-refractivity contribution in [2.75, 3.05) is 0 Å². The van der Waals surface area contributed by atoms with Crippen LogP contribution >= 0.6 is 0 Å². The van der Waals surface area contributed by atoms with Crippen LogP contribution in [0.25, 0.3) is 143 Å². The van der Waals surface area contributed by atoms with Gasteiger partial charge in [-0.1, -0.05) is 133 Å². The number of rotatable bonds is 4. The molecule has 5 nitrogen and oxygen atoms in total. The molecule has 0 spiro atoms. The molecular weight excluding hydrogens is 817 g/mol. The molecule has 0 radical (unpaired) electrons. The van der Waals surface area contributed by atoms with Crippen LogP contribution in [0.15, 0.2) is 223 Å². The summed E-state index contributed by atoms with van der Waals surface area (Å²) in [7, 11) is 0. The Kier molecular flexibility index (Phi) is 7.44. The lowest BCUT2D eigenvalue weighted by Gasteiger charge is -2.13. The van der Waals surface area contributed by atoms with Crippen molar-refractivity contribution in [1.29, 1.82) is 0 Å². The van der Waals surface area contributed by atoms with Crippen LogP contribution in [0.5, 0.6) is 0 Å². The molecule has 0 fully saturated rings. The van der Waals surface area contributed by atoms with E-state index >= 15 is 0 Å². The third kappa shape index (κ3) is 5.31. The Morgan fingerprint density at radius 2 is 0.925 bits per heavy atom. The fraction of sp³-hybridized carbons (Fsp3) is 0. The second-order valence-corrected chi connectivity index (χ2v) is 17.7. The maximum absolute atomic E-state index is 6.53. The van der Waals surface area contributed by atoms with E-state index < -0.39 is 0 Å². The SMILES string of the molecule is c1ccc2c(c1)ccc1c2c2ccccc2n1-c1ccc2cc3c(cc2c1)c1ccccc1n3-c1ccc2cc(-c3nc4ccccc4nc3-c3cccc4c3oc3ccccc34)ccc2c1. The molecule has 0 bridgehead atoms. The van der Waals surface area contributed by atoms with Gasteiger partial charge < -0.3 is 13.6 Å². The Morgan fingerprint density at radius 3 is 1.76 bits per heavy atom. The van der Waals surface area contributed by atoms with Crippen LogP contribution < -0.4 is 0 Å². The van der Waals surface area contributed by atoms with E-state index in [-0.39, 0.29) is 0 Å². The molecule has 0 aliphatic carbocycles. The summed E-state index contributed by atoms with van der Waals surface area (Å²) in [6, 6.07) is 78.6. The molecule has 67 heavy (non-hydrogen) atoms. The Balaban J connectivity index is 0.869. The van der Waals surface area contributed by atoms with Crippen molar-refractivity contribution in [2.45, 2.75) is 0 Å². The number of benzene rings is 11. The standard InChI is InChI=1S/C62H36N4O/c1-2-13-45-37(12-1)28-31-56-59(45)49-16-4-9-22-55(49)65(56)44-30-27-40-36-57-51(35-42(40)34-44)46-14-3-8-21-54(46)66(57)43-29-26-38-32-41(25-24-39(38)33-43)60-61(64-53-20-7-6-19-52(53)63-60)50-18-11-17-48-47-15-5-10-23-58(47)67-62(48)50/h1-36H. The number of hydrogen-bond donors (Lipinski definition) is 0. The molecule has 0 atom stereocenters. The summed E-state index contributed by atoms with van der Waals surface area (Å²) in [5.41, 5.74) is 14.0. The zero-order chi connectivity index (χ0) is 43.7. The van der Waals surface area contributed by atoms with E-state index in [2.05, 4.69) is 191 Å². The first-order chi connectivity index (χ1) is 33.2. The minimum Gasteiger partial charge on any atom is -0.455 e. The minimum atomic E-state index is 0.799. The molecule has 15 rings (SSSR count). The first-order valence-electron chi connectivity index (χ1n) is 22.8. The Labute approximate surface area is 383 Å². The van der Waals surface area contributed by atoms with Crippen LogP contribution in [0, 0.1) is 0 Å². The molecule has 310 valence electrons. The van der Waals surface area contributed by atoms with Crippen molar-refractivity contribution in [1.82, 2.24) is 19.1 Å². The topological polar surface area (TPSA) is 48.8 Å². The van der Waals surface area contributed by atoms with Gasteiger partial charge in [-0.05, 0) is 117 Å². The predicted molar refractivity (Wildman–Crippen MR) is 279 cm³/mol. The number of hydrogen-bond acceptors (Lipinski definition) is 3. The van der Waals surface area contributed by atoms with E-state index in [0.29, 0.717) is 0 Å². The van der Waals surface area contributed by atoms with Gasteiger partial charge in [0, 0.05) is 54.8 Å². The third-order valence-corrected chi connectivity index (χ3v) is 14.0. The highest BCUT2D eigenvalue weighted by molar-refractivity contribution is 6.22. The average Bonchev–Trinajstić information content (AvgIpc) is 4.05. The second-order valence-electron chi connectivity index (χ2n) is 17.7. The van der Waals surface area contributed by atoms with E-state index in [9.17, 15) is 0 Å². The van der Waals surface area contributed by atoms with Crippen molar-refractivity contribution >= 4 is 109 Å². The summed E-state index contributed by atoms with van der Waals surface area (Å²) >= 11 is 0. The van der Waals surface area contributed by atoms with Crippen molar-refractivity contribution < 1.29 is 4.42 Å². The van der Waals surface area contributed by atoms with Gasteiger partial charge in [-0.2, -0.15) is 0 Å². The normalized spacial score (nSPS) is 12.2. The zero-order valence-corrected chi connectivity index (χ0v) is 36.0. The number of fused-ring (bicyclic) bond motifs is 14. The van der Waals surface area contributed by atoms with Crippen LogP contribution in [0.2, 0.25) is 0 Å². The number of furan rings is 1. The first kappa shape index (κ1) is 36.3. The highest BCUT2D eigenvalue weighted by Crippen LogP contribution is 2.42. The fourth-order valence-corrected chi connectivity index (χ4v) is 11.0. The van der Waals surface area contributed by atoms with Crippen molar-refractivity contribution in [3.8, 4) is 33.9 Å². The average molecular weight is 853 g/mol. The summed E-state index contributed by atoms with van der Waals surface area (Å²) in [5, 5.41) is 14.4. The highest BCUT2D eigenvalue weighted by atomic mass is 16.3. The Bertz CT molecular complexity index is 4590.